The van der Waals surface area contributed by atoms with Crippen LogP contribution in [-0.4, -0.2) is 28.3 Å². The molecule has 0 spiro atoms. The summed E-state index contributed by atoms with van der Waals surface area (Å²) in [5.41, 5.74) is 7.44. The average molecular weight is 247 g/mol. The van der Waals surface area contributed by atoms with Gasteiger partial charge in [0.25, 0.3) is 0 Å². The molecule has 1 heterocycles. The monoisotopic (exact) mass is 247 g/mol. The Bertz CT molecular complexity index is 575. The third kappa shape index (κ3) is 1.76. The number of benzene rings is 1. The second-order valence-corrected chi connectivity index (χ2v) is 4.68. The van der Waals surface area contributed by atoms with Crippen molar-refractivity contribution in [1.82, 2.24) is 9.55 Å². The molecule has 5 nitrogen and oxygen atoms in total. The van der Waals surface area contributed by atoms with Gasteiger partial charge < -0.3 is 20.1 Å². The van der Waals surface area contributed by atoms with Crippen LogP contribution in [0.5, 0.6) is 5.75 Å². The maximum Gasteiger partial charge on any atom is 0.140 e. The number of imidazole rings is 1. The van der Waals surface area contributed by atoms with Crippen molar-refractivity contribution in [3.05, 3.63) is 24.0 Å². The standard InChI is InChI=1S/C13H17N3O2/c1-18-9-4-5-11-10(6-9)15-13(12(17)7-14)16(11)8-2-3-8/h4-6,8,12,17H,2-3,7,14H2,1H3. The molecule has 1 aliphatic carbocycles. The van der Waals surface area contributed by atoms with Gasteiger partial charge in [-0.15, -0.1) is 0 Å². The minimum absolute atomic E-state index is 0.188. The molecule has 2 aromatic rings. The van der Waals surface area contributed by atoms with Crippen molar-refractivity contribution < 1.29 is 9.84 Å². The number of rotatable bonds is 4. The van der Waals surface area contributed by atoms with Crippen LogP contribution in [0, 0.1) is 0 Å². The molecule has 1 unspecified atom stereocenters. The Labute approximate surface area is 105 Å². The minimum Gasteiger partial charge on any atom is -0.497 e. The van der Waals surface area contributed by atoms with Gasteiger partial charge in [-0.25, -0.2) is 4.98 Å². The first-order valence-corrected chi connectivity index (χ1v) is 6.18. The molecular weight excluding hydrogens is 230 g/mol. The van der Waals surface area contributed by atoms with E-state index < -0.39 is 6.10 Å². The molecular formula is C13H17N3O2. The summed E-state index contributed by atoms with van der Waals surface area (Å²) in [5, 5.41) is 9.97. The summed E-state index contributed by atoms with van der Waals surface area (Å²) in [6.07, 6.45) is 1.58. The van der Waals surface area contributed by atoms with Gasteiger partial charge in [0, 0.05) is 18.7 Å². The highest BCUT2D eigenvalue weighted by atomic mass is 16.5. The van der Waals surface area contributed by atoms with Crippen LogP contribution in [0.15, 0.2) is 18.2 Å². The molecule has 1 atom stereocenters. The summed E-state index contributed by atoms with van der Waals surface area (Å²) in [6.45, 7) is 0.188. The number of methoxy groups -OCH3 is 1. The van der Waals surface area contributed by atoms with Crippen molar-refractivity contribution in [1.29, 1.82) is 0 Å². The number of ether oxygens (including phenoxy) is 1. The van der Waals surface area contributed by atoms with Crippen molar-refractivity contribution in [2.45, 2.75) is 25.0 Å². The van der Waals surface area contributed by atoms with Crippen LogP contribution in [0.1, 0.15) is 30.8 Å². The van der Waals surface area contributed by atoms with Gasteiger partial charge in [0.15, 0.2) is 0 Å². The van der Waals surface area contributed by atoms with Crippen LogP contribution in [0.3, 0.4) is 0 Å². The van der Waals surface area contributed by atoms with Gasteiger partial charge in [0.2, 0.25) is 0 Å². The van der Waals surface area contributed by atoms with Crippen LogP contribution in [-0.2, 0) is 0 Å². The maximum atomic E-state index is 9.97. The average Bonchev–Trinajstić information content (AvgIpc) is 3.17. The minimum atomic E-state index is -0.705. The van der Waals surface area contributed by atoms with Gasteiger partial charge in [0.05, 0.1) is 18.1 Å². The van der Waals surface area contributed by atoms with Crippen LogP contribution in [0.4, 0.5) is 0 Å². The highest BCUT2D eigenvalue weighted by Crippen LogP contribution is 2.40. The Kier molecular flexibility index (Phi) is 2.72. The zero-order valence-electron chi connectivity index (χ0n) is 10.3. The number of nitrogens with zero attached hydrogens (tertiary/aromatic N) is 2. The fourth-order valence-electron chi connectivity index (χ4n) is 2.28. The Morgan fingerprint density at radius 2 is 2.33 bits per heavy atom. The molecule has 0 radical (unpaired) electrons. The summed E-state index contributed by atoms with van der Waals surface area (Å²) in [5.74, 6) is 1.44. The predicted octanol–water partition coefficient (Wildman–Crippen LogP) is 1.37. The summed E-state index contributed by atoms with van der Waals surface area (Å²) in [7, 11) is 1.63. The lowest BCUT2D eigenvalue weighted by Crippen LogP contribution is -2.16. The molecule has 0 bridgehead atoms. The Morgan fingerprint density at radius 1 is 1.56 bits per heavy atom. The lowest BCUT2D eigenvalue weighted by Gasteiger charge is -2.11. The molecule has 0 saturated heterocycles. The van der Waals surface area contributed by atoms with E-state index in [2.05, 4.69) is 9.55 Å². The van der Waals surface area contributed by atoms with E-state index in [0.717, 1.165) is 29.6 Å². The van der Waals surface area contributed by atoms with E-state index in [4.69, 9.17) is 10.5 Å². The van der Waals surface area contributed by atoms with E-state index in [1.807, 2.05) is 18.2 Å². The number of hydrogen-bond acceptors (Lipinski definition) is 4. The van der Waals surface area contributed by atoms with Crippen LogP contribution in [0.2, 0.25) is 0 Å². The molecule has 1 saturated carbocycles. The Balaban J connectivity index is 2.18. The zero-order chi connectivity index (χ0) is 12.7. The first-order valence-electron chi connectivity index (χ1n) is 6.18. The molecule has 1 fully saturated rings. The fraction of sp³-hybridized carbons (Fsp3) is 0.462. The molecule has 0 aliphatic heterocycles. The largest absolute Gasteiger partial charge is 0.497 e. The van der Waals surface area contributed by atoms with Crippen molar-refractivity contribution in [2.24, 2.45) is 5.73 Å². The quantitative estimate of drug-likeness (QED) is 0.856. The molecule has 0 amide bonds. The topological polar surface area (TPSA) is 73.3 Å². The van der Waals surface area contributed by atoms with Gasteiger partial charge in [-0.2, -0.15) is 0 Å². The number of nitrogens with two attached hydrogens (primary N) is 1. The van der Waals surface area contributed by atoms with Gasteiger partial charge in [0.1, 0.15) is 17.7 Å². The lowest BCUT2D eigenvalue weighted by atomic mass is 10.3. The molecule has 1 aliphatic rings. The van der Waals surface area contributed by atoms with Gasteiger partial charge >= 0.3 is 0 Å². The Morgan fingerprint density at radius 3 is 2.94 bits per heavy atom. The first-order chi connectivity index (χ1) is 8.74. The lowest BCUT2D eigenvalue weighted by molar-refractivity contribution is 0.172. The van der Waals surface area contributed by atoms with E-state index in [-0.39, 0.29) is 6.54 Å². The third-order valence-electron chi connectivity index (χ3n) is 3.36. The van der Waals surface area contributed by atoms with Crippen LogP contribution >= 0.6 is 0 Å². The zero-order valence-corrected chi connectivity index (χ0v) is 10.3. The summed E-state index contributed by atoms with van der Waals surface area (Å²) >= 11 is 0. The smallest absolute Gasteiger partial charge is 0.140 e. The number of fused-ring (bicyclic) bond motifs is 1. The van der Waals surface area contributed by atoms with Gasteiger partial charge in [-0.3, -0.25) is 0 Å². The SMILES string of the molecule is COc1ccc2c(c1)nc(C(O)CN)n2C1CC1. The van der Waals surface area contributed by atoms with Gasteiger partial charge in [-0.05, 0) is 25.0 Å². The Hall–Kier alpha value is -1.59. The van der Waals surface area contributed by atoms with Crippen molar-refractivity contribution in [3.8, 4) is 5.75 Å². The molecule has 3 rings (SSSR count). The van der Waals surface area contributed by atoms with E-state index in [0.29, 0.717) is 11.9 Å². The van der Waals surface area contributed by atoms with Crippen molar-refractivity contribution >= 4 is 11.0 Å². The van der Waals surface area contributed by atoms with Gasteiger partial charge in [-0.1, -0.05) is 0 Å². The first kappa shape index (κ1) is 11.5. The number of aliphatic hydroxyl groups is 1. The fourth-order valence-corrected chi connectivity index (χ4v) is 2.28. The molecule has 3 N–H and O–H groups in total. The third-order valence-corrected chi connectivity index (χ3v) is 3.36. The molecule has 1 aromatic heterocycles. The van der Waals surface area contributed by atoms with E-state index in [1.165, 1.54) is 0 Å². The normalized spacial score (nSPS) is 17.1. The summed E-state index contributed by atoms with van der Waals surface area (Å²) < 4.78 is 7.32. The highest BCUT2D eigenvalue weighted by Gasteiger charge is 2.30. The number of aliphatic hydroxyl groups excluding tert-OH is 1. The van der Waals surface area contributed by atoms with E-state index >= 15 is 0 Å². The van der Waals surface area contributed by atoms with Crippen molar-refractivity contribution in [3.63, 3.8) is 0 Å². The predicted molar refractivity (Wildman–Crippen MR) is 68.6 cm³/mol. The number of hydrogen-bond donors (Lipinski definition) is 2. The van der Waals surface area contributed by atoms with Crippen molar-refractivity contribution in [2.75, 3.05) is 13.7 Å². The molecule has 5 heteroatoms. The second-order valence-electron chi connectivity index (χ2n) is 4.68. The van der Waals surface area contributed by atoms with Crippen LogP contribution < -0.4 is 10.5 Å². The molecule has 1 aromatic carbocycles. The number of aromatic nitrogens is 2. The van der Waals surface area contributed by atoms with E-state index in [9.17, 15) is 5.11 Å². The van der Waals surface area contributed by atoms with E-state index in [1.54, 1.807) is 7.11 Å². The van der Waals surface area contributed by atoms with Crippen LogP contribution in [0.25, 0.3) is 11.0 Å². The highest BCUT2D eigenvalue weighted by molar-refractivity contribution is 5.78. The molecule has 18 heavy (non-hydrogen) atoms. The molecule has 96 valence electrons. The summed E-state index contributed by atoms with van der Waals surface area (Å²) in [6, 6.07) is 6.26. The second kappa shape index (κ2) is 4.26. The maximum absolute atomic E-state index is 9.97. The summed E-state index contributed by atoms with van der Waals surface area (Å²) in [4.78, 5) is 4.51.